The molecule has 2 aromatic carbocycles. The molecule has 4 rings (SSSR count). The zero-order chi connectivity index (χ0) is 19.3. The molecule has 6 nitrogen and oxygen atoms in total. The number of hydrogen-bond donors (Lipinski definition) is 4. The number of nitrogens with one attached hydrogen (secondary N) is 4. The average Bonchev–Trinajstić information content (AvgIpc) is 3.21. The van der Waals surface area contributed by atoms with E-state index in [1.165, 1.54) is 0 Å². The summed E-state index contributed by atoms with van der Waals surface area (Å²) in [6.07, 6.45) is 3.00. The predicted octanol–water partition coefficient (Wildman–Crippen LogP) is 1.84. The SMILES string of the molecule is O=C(CNC(=O)c1ccc(-c2ccccc2)cc1)NC1CCC2NNCC2C1. The van der Waals surface area contributed by atoms with Gasteiger partial charge in [-0.2, -0.15) is 0 Å². The molecule has 2 aromatic rings. The van der Waals surface area contributed by atoms with Gasteiger partial charge in [0.15, 0.2) is 0 Å². The summed E-state index contributed by atoms with van der Waals surface area (Å²) >= 11 is 0. The van der Waals surface area contributed by atoms with Gasteiger partial charge in [0, 0.05) is 24.2 Å². The van der Waals surface area contributed by atoms with Crippen LogP contribution in [0.25, 0.3) is 11.1 Å². The molecule has 3 atom stereocenters. The maximum Gasteiger partial charge on any atom is 0.251 e. The molecule has 4 N–H and O–H groups in total. The molecule has 1 aliphatic heterocycles. The maximum atomic E-state index is 12.3. The van der Waals surface area contributed by atoms with Crippen molar-refractivity contribution in [2.45, 2.75) is 31.3 Å². The molecule has 1 saturated carbocycles. The fourth-order valence-corrected chi connectivity index (χ4v) is 4.12. The summed E-state index contributed by atoms with van der Waals surface area (Å²) in [6, 6.07) is 18.1. The number of fused-ring (bicyclic) bond motifs is 1. The van der Waals surface area contributed by atoms with Crippen molar-refractivity contribution in [2.24, 2.45) is 5.92 Å². The number of hydrogen-bond acceptors (Lipinski definition) is 4. The first kappa shape index (κ1) is 18.7. The van der Waals surface area contributed by atoms with E-state index in [1.807, 2.05) is 42.5 Å². The molecule has 1 saturated heterocycles. The third-order valence-electron chi connectivity index (χ3n) is 5.66. The van der Waals surface area contributed by atoms with Crippen molar-refractivity contribution in [3.63, 3.8) is 0 Å². The number of hydrazine groups is 1. The summed E-state index contributed by atoms with van der Waals surface area (Å²) in [6.45, 7) is 0.952. The molecule has 0 radical (unpaired) electrons. The highest BCUT2D eigenvalue weighted by molar-refractivity contribution is 5.96. The van der Waals surface area contributed by atoms with E-state index in [0.717, 1.165) is 36.9 Å². The van der Waals surface area contributed by atoms with E-state index in [1.54, 1.807) is 12.1 Å². The van der Waals surface area contributed by atoms with Crippen molar-refractivity contribution in [1.82, 2.24) is 21.5 Å². The lowest BCUT2D eigenvalue weighted by atomic mass is 9.83. The standard InChI is InChI=1S/C22H26N4O2/c27-21(25-19-10-11-20-18(12-19)13-24-26-20)14-23-22(28)17-8-6-16(7-9-17)15-4-2-1-3-5-15/h1-9,18-20,24,26H,10-14H2,(H,23,28)(H,25,27). The van der Waals surface area contributed by atoms with Gasteiger partial charge in [-0.15, -0.1) is 0 Å². The Morgan fingerprint density at radius 1 is 0.964 bits per heavy atom. The van der Waals surface area contributed by atoms with Crippen LogP contribution < -0.4 is 21.5 Å². The second kappa shape index (κ2) is 8.54. The Labute approximate surface area is 165 Å². The number of carbonyl (C=O) groups excluding carboxylic acids is 2. The quantitative estimate of drug-likeness (QED) is 0.640. The molecule has 2 fully saturated rings. The Morgan fingerprint density at radius 2 is 1.71 bits per heavy atom. The minimum Gasteiger partial charge on any atom is -0.352 e. The second-order valence-electron chi connectivity index (χ2n) is 7.60. The van der Waals surface area contributed by atoms with Gasteiger partial charge in [0.2, 0.25) is 5.91 Å². The molecule has 146 valence electrons. The molecule has 1 heterocycles. The first-order chi connectivity index (χ1) is 13.7. The van der Waals surface area contributed by atoms with Gasteiger partial charge in [0.25, 0.3) is 5.91 Å². The molecule has 0 spiro atoms. The molecular weight excluding hydrogens is 352 g/mol. The fraction of sp³-hybridized carbons (Fsp3) is 0.364. The van der Waals surface area contributed by atoms with Crippen molar-refractivity contribution in [3.05, 3.63) is 60.2 Å². The Balaban J connectivity index is 1.25. The zero-order valence-corrected chi connectivity index (χ0v) is 15.8. The molecule has 28 heavy (non-hydrogen) atoms. The van der Waals surface area contributed by atoms with Gasteiger partial charge in [0.05, 0.1) is 6.54 Å². The smallest absolute Gasteiger partial charge is 0.251 e. The summed E-state index contributed by atoms with van der Waals surface area (Å²) in [5, 5.41) is 5.78. The number of amides is 2. The molecule has 0 bridgehead atoms. The normalized spacial score (nSPS) is 23.6. The van der Waals surface area contributed by atoms with Crippen LogP contribution in [0.5, 0.6) is 0 Å². The number of benzene rings is 2. The number of carbonyl (C=O) groups is 2. The third kappa shape index (κ3) is 4.40. The third-order valence-corrected chi connectivity index (χ3v) is 5.66. The van der Waals surface area contributed by atoms with Gasteiger partial charge in [-0.1, -0.05) is 42.5 Å². The van der Waals surface area contributed by atoms with Crippen molar-refractivity contribution < 1.29 is 9.59 Å². The van der Waals surface area contributed by atoms with Crippen molar-refractivity contribution in [2.75, 3.05) is 13.1 Å². The van der Waals surface area contributed by atoms with Crippen molar-refractivity contribution in [3.8, 4) is 11.1 Å². The fourth-order valence-electron chi connectivity index (χ4n) is 4.12. The lowest BCUT2D eigenvalue weighted by molar-refractivity contribution is -0.121. The van der Waals surface area contributed by atoms with Crippen molar-refractivity contribution >= 4 is 11.8 Å². The van der Waals surface area contributed by atoms with Gasteiger partial charge in [-0.3, -0.25) is 20.4 Å². The average molecular weight is 378 g/mol. The monoisotopic (exact) mass is 378 g/mol. The summed E-state index contributed by atoms with van der Waals surface area (Å²) in [5.74, 6) is 0.205. The van der Waals surface area contributed by atoms with E-state index in [-0.39, 0.29) is 24.4 Å². The van der Waals surface area contributed by atoms with Gasteiger partial charge in [-0.05, 0) is 48.4 Å². The van der Waals surface area contributed by atoms with Crippen LogP contribution in [0.4, 0.5) is 0 Å². The summed E-state index contributed by atoms with van der Waals surface area (Å²) in [5.41, 5.74) is 9.19. The topological polar surface area (TPSA) is 82.3 Å². The Bertz CT molecular complexity index is 822. The zero-order valence-electron chi connectivity index (χ0n) is 15.8. The van der Waals surface area contributed by atoms with Crippen LogP contribution in [0.1, 0.15) is 29.6 Å². The Kier molecular flexibility index (Phi) is 5.69. The van der Waals surface area contributed by atoms with E-state index in [0.29, 0.717) is 17.5 Å². The first-order valence-corrected chi connectivity index (χ1v) is 9.90. The molecule has 2 amide bonds. The summed E-state index contributed by atoms with van der Waals surface area (Å²) < 4.78 is 0. The molecule has 1 aliphatic carbocycles. The lowest BCUT2D eigenvalue weighted by Crippen LogP contribution is -2.46. The molecule has 6 heteroatoms. The van der Waals surface area contributed by atoms with Crippen LogP contribution in [0, 0.1) is 5.92 Å². The second-order valence-corrected chi connectivity index (χ2v) is 7.60. The van der Waals surface area contributed by atoms with E-state index in [2.05, 4.69) is 21.5 Å². The van der Waals surface area contributed by atoms with Crippen LogP contribution >= 0.6 is 0 Å². The minimum atomic E-state index is -0.234. The van der Waals surface area contributed by atoms with Crippen molar-refractivity contribution in [1.29, 1.82) is 0 Å². The van der Waals surface area contributed by atoms with Gasteiger partial charge < -0.3 is 10.6 Å². The molecular formula is C22H26N4O2. The van der Waals surface area contributed by atoms with E-state index < -0.39 is 0 Å². The van der Waals surface area contributed by atoms with Crippen LogP contribution in [0.15, 0.2) is 54.6 Å². The lowest BCUT2D eigenvalue weighted by Gasteiger charge is -2.31. The Hall–Kier alpha value is -2.70. The highest BCUT2D eigenvalue weighted by Gasteiger charge is 2.34. The minimum absolute atomic E-state index is 0.000362. The highest BCUT2D eigenvalue weighted by Crippen LogP contribution is 2.26. The molecule has 0 aromatic heterocycles. The van der Waals surface area contributed by atoms with E-state index in [9.17, 15) is 9.59 Å². The largest absolute Gasteiger partial charge is 0.352 e. The van der Waals surface area contributed by atoms with Gasteiger partial charge >= 0.3 is 0 Å². The van der Waals surface area contributed by atoms with Crippen LogP contribution in [0.3, 0.4) is 0 Å². The van der Waals surface area contributed by atoms with Crippen LogP contribution in [-0.4, -0.2) is 37.0 Å². The molecule has 2 aliphatic rings. The molecule has 3 unspecified atom stereocenters. The highest BCUT2D eigenvalue weighted by atomic mass is 16.2. The Morgan fingerprint density at radius 3 is 2.50 bits per heavy atom. The summed E-state index contributed by atoms with van der Waals surface area (Å²) in [7, 11) is 0. The van der Waals surface area contributed by atoms with Crippen LogP contribution in [0.2, 0.25) is 0 Å². The van der Waals surface area contributed by atoms with Gasteiger partial charge in [-0.25, -0.2) is 0 Å². The maximum absolute atomic E-state index is 12.3. The summed E-state index contributed by atoms with van der Waals surface area (Å²) in [4.78, 5) is 24.6. The first-order valence-electron chi connectivity index (χ1n) is 9.90. The van der Waals surface area contributed by atoms with E-state index in [4.69, 9.17) is 0 Å². The van der Waals surface area contributed by atoms with E-state index >= 15 is 0 Å². The van der Waals surface area contributed by atoms with Gasteiger partial charge in [0.1, 0.15) is 0 Å². The predicted molar refractivity (Wildman–Crippen MR) is 108 cm³/mol. The number of rotatable bonds is 5. The van der Waals surface area contributed by atoms with Crippen LogP contribution in [-0.2, 0) is 4.79 Å².